The minimum Gasteiger partial charge on any atom is -0.385 e. The van der Waals surface area contributed by atoms with Crippen LogP contribution in [-0.4, -0.2) is 21.1 Å². The molecule has 4 nitrogen and oxygen atoms in total. The third-order valence-electron chi connectivity index (χ3n) is 1.92. The molecule has 0 aromatic heterocycles. The van der Waals surface area contributed by atoms with Gasteiger partial charge in [0.15, 0.2) is 0 Å². The van der Waals surface area contributed by atoms with E-state index in [9.17, 15) is 21.6 Å². The first-order valence-corrected chi connectivity index (χ1v) is 6.16. The van der Waals surface area contributed by atoms with Gasteiger partial charge < -0.3 is 5.32 Å². The first-order chi connectivity index (χ1) is 7.68. The molecular formula is C9H11F3N2O2S. The summed E-state index contributed by atoms with van der Waals surface area (Å²) in [5, 5.41) is 7.39. The number of benzene rings is 1. The molecule has 0 saturated carbocycles. The molecule has 0 aliphatic heterocycles. The molecule has 0 fully saturated rings. The summed E-state index contributed by atoms with van der Waals surface area (Å²) in [7, 11) is -3.77. The first kappa shape index (κ1) is 13.8. The second kappa shape index (κ2) is 4.92. The molecule has 0 saturated heterocycles. The fraction of sp³-hybridized carbons (Fsp3) is 0.333. The summed E-state index contributed by atoms with van der Waals surface area (Å²) in [6.07, 6.45) is -5.17. The number of alkyl halides is 3. The molecule has 17 heavy (non-hydrogen) atoms. The van der Waals surface area contributed by atoms with Crippen LogP contribution in [0, 0.1) is 0 Å². The second-order valence-corrected chi connectivity index (χ2v) is 4.92. The van der Waals surface area contributed by atoms with Gasteiger partial charge in [-0.05, 0) is 24.3 Å². The Morgan fingerprint density at radius 2 is 1.71 bits per heavy atom. The van der Waals surface area contributed by atoms with Crippen LogP contribution in [0.25, 0.3) is 0 Å². The molecule has 0 unspecified atom stereocenters. The second-order valence-electron chi connectivity index (χ2n) is 3.36. The summed E-state index contributed by atoms with van der Waals surface area (Å²) < 4.78 is 57.3. The predicted molar refractivity (Wildman–Crippen MR) is 57.0 cm³/mol. The Hall–Kier alpha value is -1.28. The zero-order valence-corrected chi connectivity index (χ0v) is 9.48. The van der Waals surface area contributed by atoms with Gasteiger partial charge in [-0.15, -0.1) is 0 Å². The molecule has 0 atom stereocenters. The number of nitrogens with one attached hydrogen (secondary N) is 1. The minimum absolute atomic E-state index is 0.0844. The summed E-state index contributed by atoms with van der Waals surface area (Å²) in [6.45, 7) is -0.266. The Bertz CT molecular complexity index is 468. The topological polar surface area (TPSA) is 72.2 Å². The lowest BCUT2D eigenvalue weighted by Gasteiger charge is -2.09. The number of nitrogens with two attached hydrogens (primary N) is 1. The van der Waals surface area contributed by atoms with E-state index in [1.54, 1.807) is 0 Å². The van der Waals surface area contributed by atoms with Crippen molar-refractivity contribution >= 4 is 15.7 Å². The summed E-state index contributed by atoms with van der Waals surface area (Å²) >= 11 is 0. The Morgan fingerprint density at radius 3 is 2.12 bits per heavy atom. The van der Waals surface area contributed by atoms with Crippen molar-refractivity contribution in [3.63, 3.8) is 0 Å². The van der Waals surface area contributed by atoms with Crippen molar-refractivity contribution in [1.82, 2.24) is 0 Å². The van der Waals surface area contributed by atoms with Crippen LogP contribution in [0.15, 0.2) is 29.2 Å². The Labute approximate surface area is 96.7 Å². The van der Waals surface area contributed by atoms with Crippen molar-refractivity contribution in [2.45, 2.75) is 17.5 Å². The lowest BCUT2D eigenvalue weighted by atomic mass is 10.3. The van der Waals surface area contributed by atoms with E-state index in [4.69, 9.17) is 5.14 Å². The predicted octanol–water partition coefficient (Wildman–Crippen LogP) is 1.70. The van der Waals surface area contributed by atoms with Crippen LogP contribution >= 0.6 is 0 Å². The van der Waals surface area contributed by atoms with Crippen molar-refractivity contribution in [3.05, 3.63) is 24.3 Å². The smallest absolute Gasteiger partial charge is 0.385 e. The van der Waals surface area contributed by atoms with Gasteiger partial charge in [0.05, 0.1) is 11.3 Å². The van der Waals surface area contributed by atoms with Gasteiger partial charge in [0.1, 0.15) is 0 Å². The van der Waals surface area contributed by atoms with Crippen molar-refractivity contribution < 1.29 is 21.6 Å². The van der Waals surface area contributed by atoms with Gasteiger partial charge in [0.2, 0.25) is 10.0 Å². The maximum Gasteiger partial charge on any atom is 0.390 e. The van der Waals surface area contributed by atoms with E-state index in [0.717, 1.165) is 0 Å². The number of halogens is 3. The summed E-state index contributed by atoms with van der Waals surface area (Å²) in [4.78, 5) is -0.0844. The van der Waals surface area contributed by atoms with E-state index in [0.29, 0.717) is 5.69 Å². The van der Waals surface area contributed by atoms with Crippen LogP contribution in [-0.2, 0) is 10.0 Å². The number of primary sulfonamides is 1. The standard InChI is InChI=1S/C9H11F3N2O2S/c10-9(11,12)5-6-14-7-1-3-8(4-2-7)17(13,15)16/h1-4,14H,5-6H2,(H2,13,15,16). The van der Waals surface area contributed by atoms with E-state index < -0.39 is 22.6 Å². The monoisotopic (exact) mass is 268 g/mol. The maximum atomic E-state index is 11.8. The van der Waals surface area contributed by atoms with E-state index in [1.807, 2.05) is 0 Å². The lowest BCUT2D eigenvalue weighted by molar-refractivity contribution is -0.131. The van der Waals surface area contributed by atoms with Crippen LogP contribution in [0.2, 0.25) is 0 Å². The van der Waals surface area contributed by atoms with E-state index in [-0.39, 0.29) is 11.4 Å². The molecule has 96 valence electrons. The molecule has 0 bridgehead atoms. The Kier molecular flexibility index (Phi) is 3.99. The molecule has 0 aliphatic carbocycles. The largest absolute Gasteiger partial charge is 0.390 e. The summed E-state index contributed by atoms with van der Waals surface area (Å²) in [5.74, 6) is 0. The highest BCUT2D eigenvalue weighted by molar-refractivity contribution is 7.89. The van der Waals surface area contributed by atoms with Crippen molar-refractivity contribution in [3.8, 4) is 0 Å². The van der Waals surface area contributed by atoms with Gasteiger partial charge in [0.25, 0.3) is 0 Å². The summed E-state index contributed by atoms with van der Waals surface area (Å²) in [5.41, 5.74) is 0.404. The van der Waals surface area contributed by atoms with E-state index >= 15 is 0 Å². The molecule has 0 spiro atoms. The number of anilines is 1. The molecule has 1 aromatic carbocycles. The van der Waals surface area contributed by atoms with Crippen molar-refractivity contribution in [1.29, 1.82) is 0 Å². The Balaban J connectivity index is 2.58. The lowest BCUT2D eigenvalue weighted by Crippen LogP contribution is -2.15. The average Bonchev–Trinajstić information content (AvgIpc) is 2.15. The molecule has 0 amide bonds. The van der Waals surface area contributed by atoms with Gasteiger partial charge in [-0.1, -0.05) is 0 Å². The van der Waals surface area contributed by atoms with Gasteiger partial charge in [-0.2, -0.15) is 13.2 Å². The van der Waals surface area contributed by atoms with Gasteiger partial charge in [-0.25, -0.2) is 13.6 Å². The molecule has 1 aromatic rings. The SMILES string of the molecule is NS(=O)(=O)c1ccc(NCCC(F)(F)F)cc1. The molecular weight excluding hydrogens is 257 g/mol. The van der Waals surface area contributed by atoms with Crippen LogP contribution in [0.3, 0.4) is 0 Å². The van der Waals surface area contributed by atoms with Crippen molar-refractivity contribution in [2.24, 2.45) is 5.14 Å². The maximum absolute atomic E-state index is 11.8. The molecule has 0 aliphatic rings. The molecule has 0 heterocycles. The van der Waals surface area contributed by atoms with Crippen LogP contribution in [0.4, 0.5) is 18.9 Å². The highest BCUT2D eigenvalue weighted by Gasteiger charge is 2.26. The highest BCUT2D eigenvalue weighted by atomic mass is 32.2. The van der Waals surface area contributed by atoms with Crippen LogP contribution < -0.4 is 10.5 Å². The molecule has 8 heteroatoms. The van der Waals surface area contributed by atoms with Gasteiger partial charge in [0, 0.05) is 12.2 Å². The van der Waals surface area contributed by atoms with Crippen molar-refractivity contribution in [2.75, 3.05) is 11.9 Å². The van der Waals surface area contributed by atoms with E-state index in [1.165, 1.54) is 24.3 Å². The zero-order valence-electron chi connectivity index (χ0n) is 8.66. The highest BCUT2D eigenvalue weighted by Crippen LogP contribution is 2.19. The number of hydrogen-bond donors (Lipinski definition) is 2. The van der Waals surface area contributed by atoms with Crippen LogP contribution in [0.5, 0.6) is 0 Å². The number of rotatable bonds is 4. The minimum atomic E-state index is -4.21. The quantitative estimate of drug-likeness (QED) is 0.873. The first-order valence-electron chi connectivity index (χ1n) is 4.62. The van der Waals surface area contributed by atoms with Gasteiger partial charge in [-0.3, -0.25) is 0 Å². The molecule has 3 N–H and O–H groups in total. The fourth-order valence-electron chi connectivity index (χ4n) is 1.11. The van der Waals surface area contributed by atoms with Gasteiger partial charge >= 0.3 is 6.18 Å². The number of hydrogen-bond acceptors (Lipinski definition) is 3. The molecule has 0 radical (unpaired) electrons. The third kappa shape index (κ3) is 5.05. The fourth-order valence-corrected chi connectivity index (χ4v) is 1.63. The molecule has 1 rings (SSSR count). The average molecular weight is 268 g/mol. The zero-order chi connectivity index (χ0) is 13.1. The normalized spacial score (nSPS) is 12.5. The number of sulfonamides is 1. The summed E-state index contributed by atoms with van der Waals surface area (Å²) in [6, 6.07) is 5.17. The third-order valence-corrected chi connectivity index (χ3v) is 2.85. The van der Waals surface area contributed by atoms with E-state index in [2.05, 4.69) is 5.32 Å². The Morgan fingerprint density at radius 1 is 1.18 bits per heavy atom. The van der Waals surface area contributed by atoms with Crippen LogP contribution in [0.1, 0.15) is 6.42 Å².